The summed E-state index contributed by atoms with van der Waals surface area (Å²) in [5.41, 5.74) is 1.71. The Balaban J connectivity index is 1.27. The van der Waals surface area contributed by atoms with Crippen LogP contribution in [-0.2, 0) is 9.59 Å². The van der Waals surface area contributed by atoms with E-state index in [9.17, 15) is 9.59 Å². The van der Waals surface area contributed by atoms with Crippen LogP contribution in [0.3, 0.4) is 0 Å². The standard InChI is InChI=1S/C21H26N2O2S2/c24-19-5-2-8-23(19)18-4-1-3-17(13-18)22-20(25)14-11-15-6-7-16(12-14)21(15)26-9-10-27-21/h1,3-4,13-16H,2,5-12H2,(H,22,25). The molecule has 2 amide bonds. The fourth-order valence-electron chi connectivity index (χ4n) is 5.53. The molecular weight excluding hydrogens is 376 g/mol. The number of thioether (sulfide) groups is 2. The Hall–Kier alpha value is -1.14. The van der Waals surface area contributed by atoms with Crippen LogP contribution in [0.1, 0.15) is 38.5 Å². The van der Waals surface area contributed by atoms with Crippen molar-refractivity contribution in [1.29, 1.82) is 0 Å². The summed E-state index contributed by atoms with van der Waals surface area (Å²) in [5, 5.41) is 3.15. The van der Waals surface area contributed by atoms with Crippen LogP contribution in [0.2, 0.25) is 0 Å². The minimum absolute atomic E-state index is 0.131. The monoisotopic (exact) mass is 402 g/mol. The maximum absolute atomic E-state index is 13.0. The summed E-state index contributed by atoms with van der Waals surface area (Å²) < 4.78 is 0.423. The molecule has 6 heteroatoms. The largest absolute Gasteiger partial charge is 0.326 e. The van der Waals surface area contributed by atoms with Gasteiger partial charge in [-0.1, -0.05) is 6.07 Å². The van der Waals surface area contributed by atoms with Gasteiger partial charge in [-0.3, -0.25) is 9.59 Å². The summed E-state index contributed by atoms with van der Waals surface area (Å²) in [5.74, 6) is 4.41. The minimum atomic E-state index is 0.131. The van der Waals surface area contributed by atoms with Gasteiger partial charge in [0.25, 0.3) is 0 Å². The van der Waals surface area contributed by atoms with E-state index in [-0.39, 0.29) is 17.7 Å². The van der Waals surface area contributed by atoms with Gasteiger partial charge in [0.2, 0.25) is 11.8 Å². The molecule has 144 valence electrons. The summed E-state index contributed by atoms with van der Waals surface area (Å²) in [7, 11) is 0. The molecule has 2 unspecified atom stereocenters. The summed E-state index contributed by atoms with van der Waals surface area (Å²) in [6.45, 7) is 0.777. The van der Waals surface area contributed by atoms with Crippen molar-refractivity contribution in [3.05, 3.63) is 24.3 Å². The minimum Gasteiger partial charge on any atom is -0.326 e. The molecular formula is C21H26N2O2S2. The van der Waals surface area contributed by atoms with Crippen LogP contribution in [0, 0.1) is 17.8 Å². The molecule has 5 rings (SSSR count). The number of hydrogen-bond donors (Lipinski definition) is 1. The summed E-state index contributed by atoms with van der Waals surface area (Å²) >= 11 is 4.34. The Bertz CT molecular complexity index is 746. The number of anilines is 2. The van der Waals surface area contributed by atoms with E-state index >= 15 is 0 Å². The number of carbonyl (C=O) groups excluding carboxylic acids is 2. The Morgan fingerprint density at radius 1 is 1.15 bits per heavy atom. The zero-order valence-corrected chi connectivity index (χ0v) is 17.1. The third kappa shape index (κ3) is 3.09. The summed E-state index contributed by atoms with van der Waals surface area (Å²) in [4.78, 5) is 26.8. The molecule has 0 radical (unpaired) electrons. The number of carbonyl (C=O) groups is 2. The second kappa shape index (κ2) is 7.03. The molecule has 4 aliphatic rings. The van der Waals surface area contributed by atoms with Gasteiger partial charge in [-0.15, -0.1) is 23.5 Å². The van der Waals surface area contributed by atoms with Crippen molar-refractivity contribution in [2.24, 2.45) is 17.8 Å². The maximum atomic E-state index is 13.0. The molecule has 4 fully saturated rings. The first-order valence-electron chi connectivity index (χ1n) is 10.1. The molecule has 27 heavy (non-hydrogen) atoms. The lowest BCUT2D eigenvalue weighted by Crippen LogP contribution is -2.41. The van der Waals surface area contributed by atoms with E-state index in [1.54, 1.807) is 0 Å². The van der Waals surface area contributed by atoms with Gasteiger partial charge in [-0.2, -0.15) is 0 Å². The van der Waals surface area contributed by atoms with Crippen LogP contribution in [0.5, 0.6) is 0 Å². The molecule has 1 N–H and O–H groups in total. The van der Waals surface area contributed by atoms with E-state index in [4.69, 9.17) is 0 Å². The van der Waals surface area contributed by atoms with Crippen LogP contribution >= 0.6 is 23.5 Å². The van der Waals surface area contributed by atoms with Crippen molar-refractivity contribution in [3.8, 4) is 0 Å². The Kier molecular flexibility index (Phi) is 4.67. The molecule has 1 aromatic rings. The first-order valence-corrected chi connectivity index (χ1v) is 12.1. The predicted molar refractivity (Wildman–Crippen MR) is 113 cm³/mol. The Morgan fingerprint density at radius 3 is 2.56 bits per heavy atom. The van der Waals surface area contributed by atoms with Gasteiger partial charge in [-0.05, 0) is 62.1 Å². The maximum Gasteiger partial charge on any atom is 0.227 e. The van der Waals surface area contributed by atoms with E-state index in [1.165, 1.54) is 24.3 Å². The van der Waals surface area contributed by atoms with Gasteiger partial charge < -0.3 is 10.2 Å². The van der Waals surface area contributed by atoms with Gasteiger partial charge in [0, 0.05) is 41.8 Å². The van der Waals surface area contributed by atoms with Gasteiger partial charge >= 0.3 is 0 Å². The first kappa shape index (κ1) is 17.9. The number of benzene rings is 1. The molecule has 4 nitrogen and oxygen atoms in total. The van der Waals surface area contributed by atoms with Crippen LogP contribution in [0.15, 0.2) is 24.3 Å². The van der Waals surface area contributed by atoms with E-state index in [1.807, 2.05) is 29.2 Å². The van der Waals surface area contributed by atoms with E-state index in [0.29, 0.717) is 22.3 Å². The number of nitrogens with zero attached hydrogens (tertiary/aromatic N) is 1. The Morgan fingerprint density at radius 2 is 1.89 bits per heavy atom. The zero-order valence-electron chi connectivity index (χ0n) is 15.5. The molecule has 2 heterocycles. The fraction of sp³-hybridized carbons (Fsp3) is 0.619. The molecule has 1 aromatic carbocycles. The van der Waals surface area contributed by atoms with Crippen molar-refractivity contribution in [3.63, 3.8) is 0 Å². The zero-order chi connectivity index (χ0) is 18.4. The van der Waals surface area contributed by atoms with E-state index in [0.717, 1.165) is 37.2 Å². The molecule has 0 aromatic heterocycles. The van der Waals surface area contributed by atoms with Crippen molar-refractivity contribution in [2.45, 2.75) is 42.6 Å². The molecule has 2 aliphatic carbocycles. The van der Waals surface area contributed by atoms with Crippen molar-refractivity contribution in [2.75, 3.05) is 28.3 Å². The number of rotatable bonds is 3. The van der Waals surface area contributed by atoms with Crippen molar-refractivity contribution < 1.29 is 9.59 Å². The van der Waals surface area contributed by atoms with Crippen LogP contribution in [0.25, 0.3) is 0 Å². The molecule has 1 spiro atoms. The van der Waals surface area contributed by atoms with Crippen LogP contribution < -0.4 is 10.2 Å². The van der Waals surface area contributed by atoms with Gasteiger partial charge in [0.15, 0.2) is 0 Å². The highest BCUT2D eigenvalue weighted by molar-refractivity contribution is 8.21. The van der Waals surface area contributed by atoms with Crippen LogP contribution in [0.4, 0.5) is 11.4 Å². The molecule has 2 bridgehead atoms. The van der Waals surface area contributed by atoms with Crippen molar-refractivity contribution in [1.82, 2.24) is 0 Å². The highest BCUT2D eigenvalue weighted by Gasteiger charge is 2.57. The molecule has 2 aliphatic heterocycles. The second-order valence-corrected chi connectivity index (χ2v) is 11.2. The highest BCUT2D eigenvalue weighted by Crippen LogP contribution is 2.65. The molecule has 2 saturated heterocycles. The third-order valence-electron chi connectivity index (χ3n) is 6.75. The quantitative estimate of drug-likeness (QED) is 0.816. The number of amides is 2. The number of nitrogens with one attached hydrogen (secondary N) is 1. The molecule has 2 saturated carbocycles. The SMILES string of the molecule is O=C(Nc1cccc(N2CCCC2=O)c1)C1CC2CCC(C1)C21SCCS1. The van der Waals surface area contributed by atoms with Crippen LogP contribution in [-0.4, -0.2) is 33.9 Å². The summed E-state index contributed by atoms with van der Waals surface area (Å²) in [6, 6.07) is 7.77. The first-order chi connectivity index (χ1) is 13.2. The predicted octanol–water partition coefficient (Wildman–Crippen LogP) is 4.36. The lowest BCUT2D eigenvalue weighted by Gasteiger charge is -2.42. The molecule has 2 atom stereocenters. The average Bonchev–Trinajstić information content (AvgIpc) is 3.35. The van der Waals surface area contributed by atoms with Gasteiger partial charge in [0.05, 0.1) is 4.08 Å². The van der Waals surface area contributed by atoms with Gasteiger partial charge in [-0.25, -0.2) is 0 Å². The summed E-state index contributed by atoms with van der Waals surface area (Å²) in [6.07, 6.45) is 6.19. The number of hydrogen-bond acceptors (Lipinski definition) is 4. The average molecular weight is 403 g/mol. The smallest absolute Gasteiger partial charge is 0.227 e. The Labute approximate surface area is 169 Å². The lowest BCUT2D eigenvalue weighted by atomic mass is 9.79. The normalized spacial score (nSPS) is 31.6. The highest BCUT2D eigenvalue weighted by atomic mass is 32.2. The van der Waals surface area contributed by atoms with E-state index in [2.05, 4.69) is 28.8 Å². The second-order valence-electron chi connectivity index (χ2n) is 8.25. The fourth-order valence-corrected chi connectivity index (χ4v) is 9.47. The lowest BCUT2D eigenvalue weighted by molar-refractivity contribution is -0.121. The third-order valence-corrected chi connectivity index (χ3v) is 10.8. The topological polar surface area (TPSA) is 49.4 Å². The van der Waals surface area contributed by atoms with Crippen molar-refractivity contribution >= 4 is 46.7 Å². The van der Waals surface area contributed by atoms with E-state index < -0.39 is 0 Å². The van der Waals surface area contributed by atoms with Gasteiger partial charge in [0.1, 0.15) is 0 Å².